The van der Waals surface area contributed by atoms with Gasteiger partial charge in [0, 0.05) is 43.6 Å². The molecular weight excluding hydrogens is 488 g/mol. The zero-order valence-corrected chi connectivity index (χ0v) is 21.3. The number of pyridine rings is 1. The normalized spacial score (nSPS) is 16.4. The molecule has 1 aromatic heterocycles. The zero-order valence-electron chi connectivity index (χ0n) is 19.7. The highest BCUT2D eigenvalue weighted by molar-refractivity contribution is 9.10. The number of carbonyl (C=O) groups excluding carboxylic acids is 2. The molecule has 3 rings (SSSR count). The highest BCUT2D eigenvalue weighted by atomic mass is 79.9. The number of benzene rings is 1. The maximum absolute atomic E-state index is 12.7. The predicted octanol–water partition coefficient (Wildman–Crippen LogP) is 4.94. The molecular formula is C24H31BrN4O4. The lowest BCUT2D eigenvalue weighted by molar-refractivity contribution is 0.0218. The first-order chi connectivity index (χ1) is 15.6. The van der Waals surface area contributed by atoms with Gasteiger partial charge in [0.25, 0.3) is 5.91 Å². The standard InChI is InChI=1S/C24H31BrN4O4/c1-6-32-20-13-18(8-9-19(20)25)27-22(30)17-7-10-21(26-14-17)29-12-11-28(15-16(29)2)23(31)33-24(3,4)5/h7-10,13-14,16H,6,11-12,15H2,1-5H3,(H,27,30). The Hall–Kier alpha value is -2.81. The zero-order chi connectivity index (χ0) is 24.2. The first-order valence-electron chi connectivity index (χ1n) is 11.0. The van der Waals surface area contributed by atoms with Gasteiger partial charge in [0.1, 0.15) is 17.2 Å². The number of nitrogens with one attached hydrogen (secondary N) is 1. The Kier molecular flexibility index (Phi) is 7.84. The molecule has 178 valence electrons. The molecule has 0 saturated carbocycles. The van der Waals surface area contributed by atoms with Gasteiger partial charge in [0.15, 0.2) is 0 Å². The molecule has 1 N–H and O–H groups in total. The Labute approximate surface area is 203 Å². The number of carbonyl (C=O) groups is 2. The number of halogens is 1. The SMILES string of the molecule is CCOc1cc(NC(=O)c2ccc(N3CCN(C(=O)OC(C)(C)C)CC3C)nc2)ccc1Br. The highest BCUT2D eigenvalue weighted by Gasteiger charge is 2.30. The molecule has 33 heavy (non-hydrogen) atoms. The topological polar surface area (TPSA) is 84.0 Å². The number of anilines is 2. The summed E-state index contributed by atoms with van der Waals surface area (Å²) in [4.78, 5) is 33.4. The third-order valence-electron chi connectivity index (χ3n) is 5.07. The van der Waals surface area contributed by atoms with Gasteiger partial charge < -0.3 is 24.6 Å². The summed E-state index contributed by atoms with van der Waals surface area (Å²) >= 11 is 3.44. The van der Waals surface area contributed by atoms with Crippen molar-refractivity contribution in [1.29, 1.82) is 0 Å². The van der Waals surface area contributed by atoms with Crippen molar-refractivity contribution in [2.45, 2.75) is 46.3 Å². The van der Waals surface area contributed by atoms with Crippen molar-refractivity contribution < 1.29 is 19.1 Å². The van der Waals surface area contributed by atoms with Crippen LogP contribution in [0.5, 0.6) is 5.75 Å². The fraction of sp³-hybridized carbons (Fsp3) is 0.458. The fourth-order valence-corrected chi connectivity index (χ4v) is 3.89. The summed E-state index contributed by atoms with van der Waals surface area (Å²) in [6.07, 6.45) is 1.27. The van der Waals surface area contributed by atoms with Crippen LogP contribution >= 0.6 is 15.9 Å². The molecule has 0 spiro atoms. The molecule has 0 bridgehead atoms. The maximum atomic E-state index is 12.7. The van der Waals surface area contributed by atoms with Crippen LogP contribution in [0.3, 0.4) is 0 Å². The molecule has 1 aromatic carbocycles. The van der Waals surface area contributed by atoms with E-state index in [1.807, 2.05) is 46.8 Å². The second-order valence-electron chi connectivity index (χ2n) is 8.91. The van der Waals surface area contributed by atoms with Gasteiger partial charge in [0.2, 0.25) is 0 Å². The Morgan fingerprint density at radius 2 is 1.97 bits per heavy atom. The second-order valence-corrected chi connectivity index (χ2v) is 9.76. The van der Waals surface area contributed by atoms with Crippen LogP contribution in [0.4, 0.5) is 16.3 Å². The number of rotatable bonds is 5. The van der Waals surface area contributed by atoms with Gasteiger partial charge in [-0.3, -0.25) is 4.79 Å². The summed E-state index contributed by atoms with van der Waals surface area (Å²) < 4.78 is 11.9. The molecule has 1 unspecified atom stereocenters. The Morgan fingerprint density at radius 3 is 2.58 bits per heavy atom. The Morgan fingerprint density at radius 1 is 1.21 bits per heavy atom. The molecule has 1 atom stereocenters. The van der Waals surface area contributed by atoms with E-state index in [-0.39, 0.29) is 18.0 Å². The third-order valence-corrected chi connectivity index (χ3v) is 5.73. The average Bonchev–Trinajstić information content (AvgIpc) is 2.75. The van der Waals surface area contributed by atoms with Crippen LogP contribution in [0.1, 0.15) is 45.0 Å². The number of aromatic nitrogens is 1. The molecule has 1 saturated heterocycles. The lowest BCUT2D eigenvalue weighted by Crippen LogP contribution is -2.54. The summed E-state index contributed by atoms with van der Waals surface area (Å²) in [6, 6.07) is 9.07. The average molecular weight is 519 g/mol. The molecule has 9 heteroatoms. The van der Waals surface area contributed by atoms with Crippen molar-refractivity contribution in [3.63, 3.8) is 0 Å². The van der Waals surface area contributed by atoms with E-state index in [0.29, 0.717) is 43.2 Å². The van der Waals surface area contributed by atoms with Gasteiger partial charge in [-0.15, -0.1) is 0 Å². The van der Waals surface area contributed by atoms with Crippen LogP contribution in [0, 0.1) is 0 Å². The van der Waals surface area contributed by atoms with Gasteiger partial charge in [-0.05, 0) is 74.8 Å². The number of amides is 2. The molecule has 0 radical (unpaired) electrons. The minimum absolute atomic E-state index is 0.0678. The van der Waals surface area contributed by atoms with Crippen molar-refractivity contribution in [2.24, 2.45) is 0 Å². The molecule has 2 aromatic rings. The van der Waals surface area contributed by atoms with E-state index in [2.05, 4.69) is 31.1 Å². The molecule has 2 amide bonds. The smallest absolute Gasteiger partial charge is 0.410 e. The van der Waals surface area contributed by atoms with Gasteiger partial charge in [-0.2, -0.15) is 0 Å². The van der Waals surface area contributed by atoms with Gasteiger partial charge >= 0.3 is 6.09 Å². The highest BCUT2D eigenvalue weighted by Crippen LogP contribution is 2.28. The minimum atomic E-state index is -0.518. The molecule has 1 aliphatic rings. The summed E-state index contributed by atoms with van der Waals surface area (Å²) in [5, 5.41) is 2.88. The van der Waals surface area contributed by atoms with Crippen molar-refractivity contribution in [3.8, 4) is 5.75 Å². The summed E-state index contributed by atoms with van der Waals surface area (Å²) in [5.41, 5.74) is 0.582. The van der Waals surface area contributed by atoms with Crippen molar-refractivity contribution in [1.82, 2.24) is 9.88 Å². The van der Waals surface area contributed by atoms with E-state index >= 15 is 0 Å². The Balaban J connectivity index is 1.61. The Bertz CT molecular complexity index is 991. The van der Waals surface area contributed by atoms with Crippen LogP contribution in [-0.4, -0.2) is 59.8 Å². The van der Waals surface area contributed by atoms with E-state index < -0.39 is 5.60 Å². The van der Waals surface area contributed by atoms with Gasteiger partial charge in [0.05, 0.1) is 16.6 Å². The third kappa shape index (κ3) is 6.60. The number of ether oxygens (including phenoxy) is 2. The lowest BCUT2D eigenvalue weighted by Gasteiger charge is -2.40. The minimum Gasteiger partial charge on any atom is -0.493 e. The fourth-order valence-electron chi connectivity index (χ4n) is 3.53. The summed E-state index contributed by atoms with van der Waals surface area (Å²) in [6.45, 7) is 11.8. The predicted molar refractivity (Wildman–Crippen MR) is 132 cm³/mol. The molecule has 0 aliphatic carbocycles. The monoisotopic (exact) mass is 518 g/mol. The van der Waals surface area contributed by atoms with E-state index in [9.17, 15) is 9.59 Å². The maximum Gasteiger partial charge on any atom is 0.410 e. The number of hydrogen-bond acceptors (Lipinski definition) is 6. The molecule has 8 nitrogen and oxygen atoms in total. The summed E-state index contributed by atoms with van der Waals surface area (Å²) in [5.74, 6) is 1.19. The first-order valence-corrected chi connectivity index (χ1v) is 11.8. The second kappa shape index (κ2) is 10.4. The molecule has 1 aliphatic heterocycles. The summed E-state index contributed by atoms with van der Waals surface area (Å²) in [7, 11) is 0. The number of hydrogen-bond donors (Lipinski definition) is 1. The van der Waals surface area contributed by atoms with Gasteiger partial charge in [-0.25, -0.2) is 9.78 Å². The number of nitrogens with zero attached hydrogens (tertiary/aromatic N) is 3. The van der Waals surface area contributed by atoms with Crippen LogP contribution in [0.25, 0.3) is 0 Å². The van der Waals surface area contributed by atoms with Crippen LogP contribution in [-0.2, 0) is 4.74 Å². The largest absolute Gasteiger partial charge is 0.493 e. The number of piperazine rings is 1. The van der Waals surface area contributed by atoms with Crippen LogP contribution in [0.2, 0.25) is 0 Å². The van der Waals surface area contributed by atoms with Crippen molar-refractivity contribution in [2.75, 3.05) is 36.5 Å². The van der Waals surface area contributed by atoms with E-state index in [1.54, 1.807) is 29.3 Å². The quantitative estimate of drug-likeness (QED) is 0.603. The van der Waals surface area contributed by atoms with Crippen LogP contribution < -0.4 is 15.0 Å². The van der Waals surface area contributed by atoms with Crippen LogP contribution in [0.15, 0.2) is 41.0 Å². The van der Waals surface area contributed by atoms with Crippen molar-refractivity contribution >= 4 is 39.4 Å². The van der Waals surface area contributed by atoms with Crippen molar-refractivity contribution in [3.05, 3.63) is 46.6 Å². The molecule has 1 fully saturated rings. The van der Waals surface area contributed by atoms with Gasteiger partial charge in [-0.1, -0.05) is 0 Å². The van der Waals surface area contributed by atoms with E-state index in [4.69, 9.17) is 9.47 Å². The van der Waals surface area contributed by atoms with E-state index in [1.165, 1.54) is 0 Å². The van der Waals surface area contributed by atoms with E-state index in [0.717, 1.165) is 10.3 Å². The first kappa shape index (κ1) is 24.8. The lowest BCUT2D eigenvalue weighted by atomic mass is 10.1. The molecule has 2 heterocycles.